The Morgan fingerprint density at radius 1 is 0.864 bits per heavy atom. The highest BCUT2D eigenvalue weighted by Gasteiger charge is 2.22. The van der Waals surface area contributed by atoms with Gasteiger partial charge in [0.2, 0.25) is 0 Å². The molecule has 0 bridgehead atoms. The summed E-state index contributed by atoms with van der Waals surface area (Å²) in [6.07, 6.45) is 0. The standard InChI is InChI=1S/C17H13ClF2N2/c1-10(21)14(11-6-3-2-4-7-11)16(17(18)22)15-12(19)8-5-9-13(15)20/h2-9,21-22H,1H3/b16-14+,21-10?,22-17?. The summed E-state index contributed by atoms with van der Waals surface area (Å²) in [5, 5.41) is 15.2. The summed E-state index contributed by atoms with van der Waals surface area (Å²) < 4.78 is 28.2. The van der Waals surface area contributed by atoms with Crippen LogP contribution in [0.15, 0.2) is 48.5 Å². The average Bonchev–Trinajstić information content (AvgIpc) is 2.46. The Labute approximate surface area is 132 Å². The first-order valence-corrected chi connectivity index (χ1v) is 6.85. The zero-order valence-corrected chi connectivity index (χ0v) is 12.5. The van der Waals surface area contributed by atoms with E-state index in [0.29, 0.717) is 5.56 Å². The molecular formula is C17H13ClF2N2. The zero-order valence-electron chi connectivity index (χ0n) is 11.8. The smallest absolute Gasteiger partial charge is 0.134 e. The van der Waals surface area contributed by atoms with E-state index in [1.807, 2.05) is 0 Å². The third kappa shape index (κ3) is 3.12. The molecule has 0 aromatic heterocycles. The largest absolute Gasteiger partial charge is 0.305 e. The van der Waals surface area contributed by atoms with E-state index in [4.69, 9.17) is 22.4 Å². The fraction of sp³-hybridized carbons (Fsp3) is 0.0588. The van der Waals surface area contributed by atoms with E-state index in [0.717, 1.165) is 12.1 Å². The number of nitrogens with one attached hydrogen (secondary N) is 2. The summed E-state index contributed by atoms with van der Waals surface area (Å²) in [4.78, 5) is 0. The molecule has 2 rings (SSSR count). The quantitative estimate of drug-likeness (QED) is 0.580. The minimum atomic E-state index is -0.824. The highest BCUT2D eigenvalue weighted by molar-refractivity contribution is 6.77. The molecule has 0 aliphatic heterocycles. The Morgan fingerprint density at radius 3 is 1.86 bits per heavy atom. The second kappa shape index (κ2) is 6.62. The van der Waals surface area contributed by atoms with Crippen LogP contribution in [0.3, 0.4) is 0 Å². The van der Waals surface area contributed by atoms with Crippen molar-refractivity contribution < 1.29 is 8.78 Å². The van der Waals surface area contributed by atoms with Gasteiger partial charge in [0.05, 0.1) is 5.56 Å². The van der Waals surface area contributed by atoms with Crippen molar-refractivity contribution in [3.05, 3.63) is 71.3 Å². The SMILES string of the molecule is CC(=N)/C(=C(\C(=N)Cl)c1c(F)cccc1F)c1ccccc1. The summed E-state index contributed by atoms with van der Waals surface area (Å²) in [6.45, 7) is 1.49. The fourth-order valence-corrected chi connectivity index (χ4v) is 2.42. The Bertz CT molecular complexity index is 747. The Morgan fingerprint density at radius 2 is 1.41 bits per heavy atom. The molecule has 2 aromatic rings. The predicted octanol–water partition coefficient (Wildman–Crippen LogP) is 5.13. The first-order valence-electron chi connectivity index (χ1n) is 6.47. The van der Waals surface area contributed by atoms with E-state index < -0.39 is 22.4 Å². The molecule has 0 aliphatic carbocycles. The van der Waals surface area contributed by atoms with E-state index in [9.17, 15) is 8.78 Å². The van der Waals surface area contributed by atoms with Crippen LogP contribution >= 0.6 is 11.6 Å². The van der Waals surface area contributed by atoms with Gasteiger partial charge in [-0.15, -0.1) is 0 Å². The lowest BCUT2D eigenvalue weighted by Crippen LogP contribution is -2.07. The number of hydrogen-bond acceptors (Lipinski definition) is 2. The maximum atomic E-state index is 14.1. The van der Waals surface area contributed by atoms with E-state index >= 15 is 0 Å². The van der Waals surface area contributed by atoms with E-state index in [1.54, 1.807) is 30.3 Å². The molecule has 2 N–H and O–H groups in total. The molecule has 0 saturated heterocycles. The lowest BCUT2D eigenvalue weighted by Gasteiger charge is -2.15. The fourth-order valence-electron chi connectivity index (χ4n) is 2.23. The number of allylic oxidation sites excluding steroid dienone is 2. The van der Waals surface area contributed by atoms with Gasteiger partial charge in [-0.2, -0.15) is 0 Å². The van der Waals surface area contributed by atoms with Crippen molar-refractivity contribution in [1.82, 2.24) is 0 Å². The zero-order chi connectivity index (χ0) is 16.3. The summed E-state index contributed by atoms with van der Waals surface area (Å²) >= 11 is 5.81. The van der Waals surface area contributed by atoms with Crippen LogP contribution in [-0.2, 0) is 0 Å². The summed E-state index contributed by atoms with van der Waals surface area (Å²) in [5.41, 5.74) is 0.334. The topological polar surface area (TPSA) is 47.7 Å². The molecule has 2 aromatic carbocycles. The van der Waals surface area contributed by atoms with E-state index in [-0.39, 0.29) is 16.9 Å². The normalized spacial score (nSPS) is 11.8. The van der Waals surface area contributed by atoms with Gasteiger partial charge < -0.3 is 5.41 Å². The van der Waals surface area contributed by atoms with Crippen LogP contribution in [0.1, 0.15) is 18.1 Å². The Kier molecular flexibility index (Phi) is 4.83. The van der Waals surface area contributed by atoms with Crippen molar-refractivity contribution in [2.45, 2.75) is 6.92 Å². The van der Waals surface area contributed by atoms with Crippen LogP contribution in [0.2, 0.25) is 0 Å². The number of benzene rings is 2. The van der Waals surface area contributed by atoms with Crippen molar-refractivity contribution in [2.75, 3.05) is 0 Å². The molecule has 112 valence electrons. The maximum Gasteiger partial charge on any atom is 0.134 e. The average molecular weight is 319 g/mol. The first kappa shape index (κ1) is 16.0. The molecule has 0 radical (unpaired) electrons. The maximum absolute atomic E-state index is 14.1. The van der Waals surface area contributed by atoms with Crippen LogP contribution in [-0.4, -0.2) is 10.9 Å². The molecular weight excluding hydrogens is 306 g/mol. The lowest BCUT2D eigenvalue weighted by molar-refractivity contribution is 0.578. The van der Waals surface area contributed by atoms with Gasteiger partial charge in [0.1, 0.15) is 16.8 Å². The summed E-state index contributed by atoms with van der Waals surface area (Å²) in [7, 11) is 0. The number of hydrogen-bond donors (Lipinski definition) is 2. The molecule has 0 heterocycles. The van der Waals surface area contributed by atoms with Crippen LogP contribution in [0, 0.1) is 22.5 Å². The van der Waals surface area contributed by atoms with Gasteiger partial charge in [-0.1, -0.05) is 48.0 Å². The molecule has 0 amide bonds. The number of rotatable bonds is 4. The van der Waals surface area contributed by atoms with Gasteiger partial charge in [0.15, 0.2) is 0 Å². The first-order chi connectivity index (χ1) is 10.4. The minimum absolute atomic E-state index is 0.0641. The van der Waals surface area contributed by atoms with Crippen molar-refractivity contribution in [1.29, 1.82) is 10.8 Å². The number of halogens is 3. The second-order valence-electron chi connectivity index (χ2n) is 4.65. The van der Waals surface area contributed by atoms with Crippen LogP contribution in [0.4, 0.5) is 8.78 Å². The Balaban J connectivity index is 2.88. The van der Waals surface area contributed by atoms with Crippen LogP contribution in [0.25, 0.3) is 11.1 Å². The van der Waals surface area contributed by atoms with Crippen molar-refractivity contribution in [3.8, 4) is 0 Å². The van der Waals surface area contributed by atoms with Crippen LogP contribution < -0.4 is 0 Å². The monoisotopic (exact) mass is 318 g/mol. The Hall–Kier alpha value is -2.33. The molecule has 0 spiro atoms. The van der Waals surface area contributed by atoms with Gasteiger partial charge in [0, 0.05) is 16.9 Å². The predicted molar refractivity (Wildman–Crippen MR) is 86.6 cm³/mol. The van der Waals surface area contributed by atoms with Crippen LogP contribution in [0.5, 0.6) is 0 Å². The highest BCUT2D eigenvalue weighted by Crippen LogP contribution is 2.32. The molecule has 0 saturated carbocycles. The van der Waals surface area contributed by atoms with Gasteiger partial charge in [-0.25, -0.2) is 8.78 Å². The van der Waals surface area contributed by atoms with Gasteiger partial charge >= 0.3 is 0 Å². The van der Waals surface area contributed by atoms with Gasteiger partial charge in [-0.05, 0) is 24.6 Å². The summed E-state index contributed by atoms with van der Waals surface area (Å²) in [5.74, 6) is -1.65. The minimum Gasteiger partial charge on any atom is -0.305 e. The third-order valence-electron chi connectivity index (χ3n) is 3.12. The van der Waals surface area contributed by atoms with Crippen molar-refractivity contribution in [2.24, 2.45) is 0 Å². The summed E-state index contributed by atoms with van der Waals surface area (Å²) in [6, 6.07) is 12.1. The van der Waals surface area contributed by atoms with E-state index in [1.165, 1.54) is 13.0 Å². The third-order valence-corrected chi connectivity index (χ3v) is 3.31. The highest BCUT2D eigenvalue weighted by atomic mass is 35.5. The molecule has 0 fully saturated rings. The molecule has 0 aliphatic rings. The van der Waals surface area contributed by atoms with Gasteiger partial charge in [-0.3, -0.25) is 5.41 Å². The van der Waals surface area contributed by atoms with Crippen molar-refractivity contribution in [3.63, 3.8) is 0 Å². The van der Waals surface area contributed by atoms with Crippen molar-refractivity contribution >= 4 is 33.6 Å². The molecule has 22 heavy (non-hydrogen) atoms. The molecule has 5 heteroatoms. The lowest BCUT2D eigenvalue weighted by atomic mass is 9.91. The second-order valence-corrected chi connectivity index (χ2v) is 5.03. The molecule has 2 nitrogen and oxygen atoms in total. The molecule has 0 unspecified atom stereocenters. The molecule has 0 atom stereocenters. The van der Waals surface area contributed by atoms with Gasteiger partial charge in [0.25, 0.3) is 0 Å². The van der Waals surface area contributed by atoms with E-state index in [2.05, 4.69) is 0 Å².